The maximum atomic E-state index is 12.7. The molecule has 1 aliphatic rings. The molecule has 114 valence electrons. The fourth-order valence-corrected chi connectivity index (χ4v) is 3.51. The second-order valence-corrected chi connectivity index (χ2v) is 7.12. The Hall–Kier alpha value is -0.820. The van der Waals surface area contributed by atoms with Crippen molar-refractivity contribution < 1.29 is 9.59 Å². The first-order chi connectivity index (χ1) is 9.86. The van der Waals surface area contributed by atoms with Crippen LogP contribution in [0.2, 0.25) is 5.02 Å². The summed E-state index contributed by atoms with van der Waals surface area (Å²) in [5, 5.41) is 3.29. The SMILES string of the molecule is CCC1NC(=O)C(C(C)C)N(c2ccc(I)cc2Cl)C1=O. The van der Waals surface area contributed by atoms with Gasteiger partial charge in [0.2, 0.25) is 11.8 Å². The standard InChI is InChI=1S/C15H18ClIN2O2/c1-4-11-15(21)19(13(8(2)3)14(20)18-11)12-6-5-9(17)7-10(12)16/h5-8,11,13H,4H2,1-3H3,(H,18,20). The van der Waals surface area contributed by atoms with Crippen LogP contribution >= 0.6 is 34.2 Å². The Balaban J connectivity index is 2.52. The predicted molar refractivity (Wildman–Crippen MR) is 92.5 cm³/mol. The van der Waals surface area contributed by atoms with E-state index in [1.165, 1.54) is 0 Å². The van der Waals surface area contributed by atoms with Crippen LogP contribution in [0.1, 0.15) is 27.2 Å². The van der Waals surface area contributed by atoms with E-state index in [1.807, 2.05) is 32.9 Å². The number of carbonyl (C=O) groups excluding carboxylic acids is 2. The van der Waals surface area contributed by atoms with E-state index >= 15 is 0 Å². The number of anilines is 1. The first-order valence-corrected chi connectivity index (χ1v) is 8.41. The highest BCUT2D eigenvalue weighted by atomic mass is 127. The largest absolute Gasteiger partial charge is 0.342 e. The maximum absolute atomic E-state index is 12.7. The van der Waals surface area contributed by atoms with E-state index < -0.39 is 12.1 Å². The van der Waals surface area contributed by atoms with Crippen LogP contribution in [0.4, 0.5) is 5.69 Å². The van der Waals surface area contributed by atoms with E-state index in [0.717, 1.165) is 3.57 Å². The molecule has 1 heterocycles. The van der Waals surface area contributed by atoms with Gasteiger partial charge in [-0.25, -0.2) is 0 Å². The van der Waals surface area contributed by atoms with Gasteiger partial charge in [-0.05, 0) is 53.1 Å². The molecule has 2 unspecified atom stereocenters. The van der Waals surface area contributed by atoms with E-state index in [4.69, 9.17) is 11.6 Å². The van der Waals surface area contributed by atoms with Gasteiger partial charge in [0.25, 0.3) is 0 Å². The average molecular weight is 421 g/mol. The molecular weight excluding hydrogens is 403 g/mol. The zero-order chi connectivity index (χ0) is 15.7. The van der Waals surface area contributed by atoms with Gasteiger partial charge in [0.05, 0.1) is 10.7 Å². The molecule has 0 radical (unpaired) electrons. The van der Waals surface area contributed by atoms with Crippen LogP contribution in [-0.2, 0) is 9.59 Å². The summed E-state index contributed by atoms with van der Waals surface area (Å²) in [5.74, 6) is -0.216. The Morgan fingerprint density at radius 3 is 2.57 bits per heavy atom. The number of nitrogens with zero attached hydrogens (tertiary/aromatic N) is 1. The maximum Gasteiger partial charge on any atom is 0.250 e. The third-order valence-electron chi connectivity index (χ3n) is 3.61. The fraction of sp³-hybridized carbons (Fsp3) is 0.467. The van der Waals surface area contributed by atoms with Crippen molar-refractivity contribution in [2.75, 3.05) is 4.90 Å². The minimum Gasteiger partial charge on any atom is -0.342 e. The number of rotatable bonds is 3. The van der Waals surface area contributed by atoms with Crippen molar-refractivity contribution in [2.24, 2.45) is 5.92 Å². The van der Waals surface area contributed by atoms with E-state index in [9.17, 15) is 9.59 Å². The molecular formula is C15H18ClIN2O2. The Morgan fingerprint density at radius 2 is 2.05 bits per heavy atom. The summed E-state index contributed by atoms with van der Waals surface area (Å²) in [5.41, 5.74) is 0.606. The summed E-state index contributed by atoms with van der Waals surface area (Å²) < 4.78 is 0.989. The summed E-state index contributed by atoms with van der Waals surface area (Å²) in [6.45, 7) is 5.74. The number of benzene rings is 1. The summed E-state index contributed by atoms with van der Waals surface area (Å²) >= 11 is 8.47. The molecule has 2 amide bonds. The van der Waals surface area contributed by atoms with Crippen molar-refractivity contribution >= 4 is 51.7 Å². The molecule has 6 heteroatoms. The molecule has 4 nitrogen and oxygen atoms in total. The summed E-state index contributed by atoms with van der Waals surface area (Å²) in [4.78, 5) is 26.6. The van der Waals surface area contributed by atoms with E-state index in [-0.39, 0.29) is 17.7 Å². The second kappa shape index (κ2) is 6.52. The molecule has 21 heavy (non-hydrogen) atoms. The average Bonchev–Trinajstić information content (AvgIpc) is 2.40. The third kappa shape index (κ3) is 3.18. The number of amides is 2. The lowest BCUT2D eigenvalue weighted by Crippen LogP contribution is -2.65. The van der Waals surface area contributed by atoms with Gasteiger partial charge in [0.1, 0.15) is 12.1 Å². The van der Waals surface area contributed by atoms with Gasteiger partial charge in [-0.3, -0.25) is 14.5 Å². The summed E-state index contributed by atoms with van der Waals surface area (Å²) in [6, 6.07) is 4.48. The van der Waals surface area contributed by atoms with Crippen LogP contribution in [-0.4, -0.2) is 23.9 Å². The van der Waals surface area contributed by atoms with Crippen molar-refractivity contribution in [1.82, 2.24) is 5.32 Å². The Labute approximate surface area is 143 Å². The summed E-state index contributed by atoms with van der Waals surface area (Å²) in [6.07, 6.45) is 0.563. The van der Waals surface area contributed by atoms with Crippen molar-refractivity contribution in [3.05, 3.63) is 26.8 Å². The molecule has 0 aliphatic carbocycles. The normalized spacial score (nSPS) is 22.7. The van der Waals surface area contributed by atoms with Gasteiger partial charge in [0.15, 0.2) is 0 Å². The molecule has 2 atom stereocenters. The quantitative estimate of drug-likeness (QED) is 0.764. The zero-order valence-electron chi connectivity index (χ0n) is 12.2. The lowest BCUT2D eigenvalue weighted by atomic mass is 9.95. The van der Waals surface area contributed by atoms with Crippen molar-refractivity contribution in [2.45, 2.75) is 39.3 Å². The minimum atomic E-state index is -0.530. The van der Waals surface area contributed by atoms with E-state index in [1.54, 1.807) is 11.0 Å². The van der Waals surface area contributed by atoms with Gasteiger partial charge >= 0.3 is 0 Å². The lowest BCUT2D eigenvalue weighted by Gasteiger charge is -2.40. The topological polar surface area (TPSA) is 49.4 Å². The lowest BCUT2D eigenvalue weighted by molar-refractivity contribution is -0.134. The molecule has 1 N–H and O–H groups in total. The Morgan fingerprint density at radius 1 is 1.38 bits per heavy atom. The number of hydrogen-bond acceptors (Lipinski definition) is 2. The van der Waals surface area contributed by atoms with E-state index in [2.05, 4.69) is 27.9 Å². The Kier molecular flexibility index (Phi) is 5.14. The number of carbonyl (C=O) groups is 2. The molecule has 0 aromatic heterocycles. The summed E-state index contributed by atoms with van der Waals surface area (Å²) in [7, 11) is 0. The molecule has 1 aromatic carbocycles. The van der Waals surface area contributed by atoms with Gasteiger partial charge in [0, 0.05) is 3.57 Å². The predicted octanol–water partition coefficient (Wildman–Crippen LogP) is 3.21. The fourth-order valence-electron chi connectivity index (χ4n) is 2.56. The van der Waals surface area contributed by atoms with Gasteiger partial charge in [-0.1, -0.05) is 32.4 Å². The smallest absolute Gasteiger partial charge is 0.250 e. The van der Waals surface area contributed by atoms with Crippen LogP contribution in [0.25, 0.3) is 0 Å². The second-order valence-electron chi connectivity index (χ2n) is 5.46. The monoisotopic (exact) mass is 420 g/mol. The van der Waals surface area contributed by atoms with Gasteiger partial charge in [-0.15, -0.1) is 0 Å². The number of hydrogen-bond donors (Lipinski definition) is 1. The zero-order valence-corrected chi connectivity index (χ0v) is 15.1. The number of halogens is 2. The van der Waals surface area contributed by atoms with E-state index in [0.29, 0.717) is 17.1 Å². The van der Waals surface area contributed by atoms with Crippen LogP contribution in [0, 0.1) is 9.49 Å². The molecule has 2 rings (SSSR count). The molecule has 0 bridgehead atoms. The van der Waals surface area contributed by atoms with Crippen molar-refractivity contribution in [3.8, 4) is 0 Å². The van der Waals surface area contributed by atoms with Crippen LogP contribution in [0.15, 0.2) is 18.2 Å². The highest BCUT2D eigenvalue weighted by Gasteiger charge is 2.42. The molecule has 1 aromatic rings. The number of nitrogens with one attached hydrogen (secondary N) is 1. The number of piperazine rings is 1. The molecule has 0 saturated carbocycles. The minimum absolute atomic E-state index is 0.00195. The molecule has 1 saturated heterocycles. The highest BCUT2D eigenvalue weighted by Crippen LogP contribution is 2.33. The first kappa shape index (κ1) is 16.5. The first-order valence-electron chi connectivity index (χ1n) is 6.95. The van der Waals surface area contributed by atoms with Crippen LogP contribution in [0.3, 0.4) is 0 Å². The van der Waals surface area contributed by atoms with Crippen LogP contribution < -0.4 is 10.2 Å². The Bertz CT molecular complexity index is 577. The van der Waals surface area contributed by atoms with Gasteiger partial charge in [-0.2, -0.15) is 0 Å². The van der Waals surface area contributed by atoms with Crippen molar-refractivity contribution in [1.29, 1.82) is 0 Å². The van der Waals surface area contributed by atoms with Crippen molar-refractivity contribution in [3.63, 3.8) is 0 Å². The van der Waals surface area contributed by atoms with Gasteiger partial charge < -0.3 is 5.32 Å². The highest BCUT2D eigenvalue weighted by molar-refractivity contribution is 14.1. The molecule has 1 fully saturated rings. The third-order valence-corrected chi connectivity index (χ3v) is 4.58. The molecule has 1 aliphatic heterocycles. The van der Waals surface area contributed by atoms with Crippen LogP contribution in [0.5, 0.6) is 0 Å². The molecule has 0 spiro atoms.